The van der Waals surface area contributed by atoms with Crippen molar-refractivity contribution in [1.29, 1.82) is 0 Å². The minimum absolute atomic E-state index is 0.190. The highest BCUT2D eigenvalue weighted by molar-refractivity contribution is 5.97. The van der Waals surface area contributed by atoms with Crippen molar-refractivity contribution in [3.05, 3.63) is 35.4 Å². The van der Waals surface area contributed by atoms with Crippen LogP contribution < -0.4 is 5.73 Å². The molecule has 0 radical (unpaired) electrons. The normalized spacial score (nSPS) is 15.5. The highest BCUT2D eigenvalue weighted by atomic mass is 16.1. The van der Waals surface area contributed by atoms with E-state index in [0.29, 0.717) is 18.9 Å². The Hall–Kier alpha value is -1.15. The van der Waals surface area contributed by atoms with E-state index in [0.717, 1.165) is 5.56 Å². The van der Waals surface area contributed by atoms with Gasteiger partial charge in [0.1, 0.15) is 0 Å². The molecule has 0 aliphatic heterocycles. The molecule has 1 aromatic rings. The van der Waals surface area contributed by atoms with E-state index >= 15 is 0 Å². The van der Waals surface area contributed by atoms with Gasteiger partial charge in [-0.3, -0.25) is 4.79 Å². The van der Waals surface area contributed by atoms with Gasteiger partial charge >= 0.3 is 0 Å². The first-order chi connectivity index (χ1) is 6.83. The number of carbonyl (C=O) groups excluding carboxylic acids is 1. The minimum Gasteiger partial charge on any atom is -0.330 e. The zero-order valence-corrected chi connectivity index (χ0v) is 8.20. The molecule has 0 amide bonds. The molecule has 0 atom stereocenters. The standard InChI is InChI=1S/C12H15NO/c13-8-7-12(14)11-4-2-1-3-10(11)9-5-6-9/h1-4,9H,5-8,13H2. The SMILES string of the molecule is NCCC(=O)c1ccccc1C1CC1. The molecule has 0 spiro atoms. The van der Waals surface area contributed by atoms with Crippen LogP contribution in [-0.2, 0) is 0 Å². The van der Waals surface area contributed by atoms with Crippen LogP contribution in [0.2, 0.25) is 0 Å². The van der Waals surface area contributed by atoms with Crippen LogP contribution in [0.25, 0.3) is 0 Å². The third kappa shape index (κ3) is 1.85. The van der Waals surface area contributed by atoms with E-state index in [9.17, 15) is 4.79 Å². The number of hydrogen-bond donors (Lipinski definition) is 1. The molecule has 2 rings (SSSR count). The van der Waals surface area contributed by atoms with E-state index in [1.807, 2.05) is 18.2 Å². The summed E-state index contributed by atoms with van der Waals surface area (Å²) in [6.07, 6.45) is 2.92. The predicted molar refractivity (Wildman–Crippen MR) is 56.4 cm³/mol. The number of ketones is 1. The summed E-state index contributed by atoms with van der Waals surface area (Å²) in [6.45, 7) is 0.442. The summed E-state index contributed by atoms with van der Waals surface area (Å²) in [4.78, 5) is 11.7. The second-order valence-electron chi connectivity index (χ2n) is 3.82. The summed E-state index contributed by atoms with van der Waals surface area (Å²) in [6, 6.07) is 7.93. The second-order valence-corrected chi connectivity index (χ2v) is 3.82. The summed E-state index contributed by atoms with van der Waals surface area (Å²) in [5, 5.41) is 0. The maximum atomic E-state index is 11.7. The predicted octanol–water partition coefficient (Wildman–Crippen LogP) is 2.10. The summed E-state index contributed by atoms with van der Waals surface area (Å²) in [7, 11) is 0. The summed E-state index contributed by atoms with van der Waals surface area (Å²) in [5.74, 6) is 0.822. The van der Waals surface area contributed by atoms with Gasteiger partial charge in [-0.05, 0) is 30.9 Å². The quantitative estimate of drug-likeness (QED) is 0.737. The minimum atomic E-state index is 0.190. The van der Waals surface area contributed by atoms with E-state index in [1.54, 1.807) is 0 Å². The number of Topliss-reactive ketones (excluding diaryl/α,β-unsaturated/α-hetero) is 1. The molecule has 1 aromatic carbocycles. The molecule has 1 aliphatic carbocycles. The highest BCUT2D eigenvalue weighted by Gasteiger charge is 2.27. The van der Waals surface area contributed by atoms with Crippen LogP contribution in [0.4, 0.5) is 0 Å². The van der Waals surface area contributed by atoms with E-state index < -0.39 is 0 Å². The summed E-state index contributed by atoms with van der Waals surface area (Å²) in [5.41, 5.74) is 7.50. The molecule has 0 bridgehead atoms. The Bertz CT molecular complexity index is 342. The van der Waals surface area contributed by atoms with E-state index in [4.69, 9.17) is 5.73 Å². The van der Waals surface area contributed by atoms with Gasteiger partial charge < -0.3 is 5.73 Å². The van der Waals surface area contributed by atoms with Gasteiger partial charge in [-0.2, -0.15) is 0 Å². The van der Waals surface area contributed by atoms with Crippen LogP contribution >= 0.6 is 0 Å². The first-order valence-corrected chi connectivity index (χ1v) is 5.15. The van der Waals surface area contributed by atoms with Gasteiger partial charge in [-0.15, -0.1) is 0 Å². The number of carbonyl (C=O) groups is 1. The molecule has 14 heavy (non-hydrogen) atoms. The van der Waals surface area contributed by atoms with Gasteiger partial charge in [0.25, 0.3) is 0 Å². The Morgan fingerprint density at radius 2 is 2.07 bits per heavy atom. The van der Waals surface area contributed by atoms with Crippen molar-refractivity contribution < 1.29 is 4.79 Å². The Balaban J connectivity index is 2.26. The average molecular weight is 189 g/mol. The molecular formula is C12H15NO. The Kier molecular flexibility index (Phi) is 2.64. The molecule has 0 heterocycles. The van der Waals surface area contributed by atoms with Crippen LogP contribution in [0.5, 0.6) is 0 Å². The lowest BCUT2D eigenvalue weighted by Gasteiger charge is -2.06. The third-order valence-electron chi connectivity index (χ3n) is 2.65. The van der Waals surface area contributed by atoms with Crippen LogP contribution in [0.1, 0.15) is 41.1 Å². The fourth-order valence-electron chi connectivity index (χ4n) is 1.77. The first kappa shape index (κ1) is 9.41. The largest absolute Gasteiger partial charge is 0.330 e. The first-order valence-electron chi connectivity index (χ1n) is 5.15. The van der Waals surface area contributed by atoms with Crippen molar-refractivity contribution in [1.82, 2.24) is 0 Å². The topological polar surface area (TPSA) is 43.1 Å². The molecule has 0 saturated heterocycles. The number of rotatable bonds is 4. The fraction of sp³-hybridized carbons (Fsp3) is 0.417. The van der Waals surface area contributed by atoms with Crippen molar-refractivity contribution in [2.45, 2.75) is 25.2 Å². The second kappa shape index (κ2) is 3.93. The van der Waals surface area contributed by atoms with Crippen LogP contribution in [0, 0.1) is 0 Å². The van der Waals surface area contributed by atoms with Gasteiger partial charge in [-0.1, -0.05) is 24.3 Å². The average Bonchev–Trinajstić information content (AvgIpc) is 3.01. The molecule has 2 N–H and O–H groups in total. The van der Waals surface area contributed by atoms with Gasteiger partial charge in [0.05, 0.1) is 0 Å². The maximum absolute atomic E-state index is 11.7. The van der Waals surface area contributed by atoms with Crippen molar-refractivity contribution in [3.8, 4) is 0 Å². The van der Waals surface area contributed by atoms with E-state index in [-0.39, 0.29) is 5.78 Å². The molecule has 0 unspecified atom stereocenters. The smallest absolute Gasteiger partial charge is 0.164 e. The summed E-state index contributed by atoms with van der Waals surface area (Å²) < 4.78 is 0. The van der Waals surface area contributed by atoms with Crippen molar-refractivity contribution in [2.24, 2.45) is 5.73 Å². The summed E-state index contributed by atoms with van der Waals surface area (Å²) >= 11 is 0. The van der Waals surface area contributed by atoms with Gasteiger partial charge in [0.2, 0.25) is 0 Å². The zero-order chi connectivity index (χ0) is 9.97. The molecule has 1 saturated carbocycles. The molecule has 0 aromatic heterocycles. The lowest BCUT2D eigenvalue weighted by atomic mass is 9.98. The highest BCUT2D eigenvalue weighted by Crippen LogP contribution is 2.41. The zero-order valence-electron chi connectivity index (χ0n) is 8.20. The molecule has 2 heteroatoms. The van der Waals surface area contributed by atoms with Crippen LogP contribution in [-0.4, -0.2) is 12.3 Å². The third-order valence-corrected chi connectivity index (χ3v) is 2.65. The van der Waals surface area contributed by atoms with Crippen molar-refractivity contribution >= 4 is 5.78 Å². The Labute approximate surface area is 84.1 Å². The lowest BCUT2D eigenvalue weighted by molar-refractivity contribution is 0.0984. The Morgan fingerprint density at radius 1 is 1.36 bits per heavy atom. The van der Waals surface area contributed by atoms with Gasteiger partial charge in [-0.25, -0.2) is 0 Å². The lowest BCUT2D eigenvalue weighted by Crippen LogP contribution is -2.09. The van der Waals surface area contributed by atoms with Gasteiger partial charge in [0, 0.05) is 12.0 Å². The van der Waals surface area contributed by atoms with Crippen molar-refractivity contribution in [3.63, 3.8) is 0 Å². The molecule has 1 fully saturated rings. The number of benzene rings is 1. The molecule has 74 valence electrons. The fourth-order valence-corrected chi connectivity index (χ4v) is 1.77. The van der Waals surface area contributed by atoms with Crippen LogP contribution in [0.3, 0.4) is 0 Å². The molecule has 1 aliphatic rings. The molecule has 2 nitrogen and oxygen atoms in total. The van der Waals surface area contributed by atoms with E-state index in [2.05, 4.69) is 6.07 Å². The monoisotopic (exact) mass is 189 g/mol. The van der Waals surface area contributed by atoms with Gasteiger partial charge in [0.15, 0.2) is 5.78 Å². The van der Waals surface area contributed by atoms with Crippen LogP contribution in [0.15, 0.2) is 24.3 Å². The molecular weight excluding hydrogens is 174 g/mol. The Morgan fingerprint density at radius 3 is 2.71 bits per heavy atom. The van der Waals surface area contributed by atoms with Crippen molar-refractivity contribution in [2.75, 3.05) is 6.54 Å². The van der Waals surface area contributed by atoms with E-state index in [1.165, 1.54) is 18.4 Å². The maximum Gasteiger partial charge on any atom is 0.164 e. The number of hydrogen-bond acceptors (Lipinski definition) is 2. The number of nitrogens with two attached hydrogens (primary N) is 1.